The van der Waals surface area contributed by atoms with E-state index in [0.717, 1.165) is 52.1 Å². The molecule has 5 aromatic rings. The van der Waals surface area contributed by atoms with Gasteiger partial charge >= 0.3 is 0 Å². The van der Waals surface area contributed by atoms with Gasteiger partial charge in [0.1, 0.15) is 5.75 Å². The number of para-hydroxylation sites is 1. The Kier molecular flexibility index (Phi) is 6.49. The minimum atomic E-state index is 0.00978. The highest BCUT2D eigenvalue weighted by Crippen LogP contribution is 2.32. The van der Waals surface area contributed by atoms with E-state index >= 15 is 0 Å². The molecule has 0 saturated carbocycles. The number of benzene rings is 3. The van der Waals surface area contributed by atoms with Crippen LogP contribution >= 0.6 is 0 Å². The molecule has 176 valence electrons. The number of hydrogen-bond donors (Lipinski definition) is 2. The van der Waals surface area contributed by atoms with Crippen molar-refractivity contribution in [1.29, 1.82) is 0 Å². The second-order valence-electron chi connectivity index (χ2n) is 8.78. The fourth-order valence-corrected chi connectivity index (χ4v) is 4.50. The zero-order valence-corrected chi connectivity index (χ0v) is 20.1. The van der Waals surface area contributed by atoms with Gasteiger partial charge in [-0.15, -0.1) is 0 Å². The number of aryl methyl sites for hydroxylation is 2. The molecule has 0 spiro atoms. The van der Waals surface area contributed by atoms with Gasteiger partial charge in [-0.3, -0.25) is 4.79 Å². The van der Waals surface area contributed by atoms with Crippen molar-refractivity contribution in [3.63, 3.8) is 0 Å². The Hall–Kier alpha value is -4.12. The fraction of sp³-hybridized carbons (Fsp3) is 0.200. The van der Waals surface area contributed by atoms with Crippen molar-refractivity contribution in [3.8, 4) is 17.1 Å². The molecule has 35 heavy (non-hydrogen) atoms. The van der Waals surface area contributed by atoms with Gasteiger partial charge in [-0.05, 0) is 80.8 Å². The lowest BCUT2D eigenvalue weighted by atomic mass is 10.0. The van der Waals surface area contributed by atoms with Gasteiger partial charge in [0.15, 0.2) is 0 Å². The summed E-state index contributed by atoms with van der Waals surface area (Å²) >= 11 is 0. The van der Waals surface area contributed by atoms with Crippen LogP contribution < -0.4 is 10.1 Å². The molecule has 5 rings (SSSR count). The van der Waals surface area contributed by atoms with Gasteiger partial charge in [-0.25, -0.2) is 4.98 Å². The van der Waals surface area contributed by atoms with E-state index < -0.39 is 0 Å². The Balaban J connectivity index is 1.35. The van der Waals surface area contributed by atoms with Crippen molar-refractivity contribution in [2.45, 2.75) is 33.1 Å². The number of pyridine rings is 1. The maximum atomic E-state index is 12.6. The summed E-state index contributed by atoms with van der Waals surface area (Å²) in [6, 6.07) is 26.3. The monoisotopic (exact) mass is 463 g/mol. The molecule has 5 heteroatoms. The lowest BCUT2D eigenvalue weighted by Crippen LogP contribution is -2.11. The van der Waals surface area contributed by atoms with Crippen LogP contribution in [-0.2, 0) is 11.2 Å². The topological polar surface area (TPSA) is 67.0 Å². The zero-order valence-electron chi connectivity index (χ0n) is 20.1. The number of anilines is 1. The van der Waals surface area contributed by atoms with Crippen LogP contribution in [0.5, 0.6) is 5.75 Å². The molecule has 2 N–H and O–H groups in total. The summed E-state index contributed by atoms with van der Waals surface area (Å²) in [4.78, 5) is 21.1. The van der Waals surface area contributed by atoms with E-state index in [4.69, 9.17) is 9.72 Å². The Labute approximate surface area is 205 Å². The third-order valence-corrected chi connectivity index (χ3v) is 6.20. The van der Waals surface area contributed by atoms with Crippen LogP contribution in [0.15, 0.2) is 78.9 Å². The average Bonchev–Trinajstić information content (AvgIpc) is 3.23. The summed E-state index contributed by atoms with van der Waals surface area (Å²) < 4.78 is 5.47. The van der Waals surface area contributed by atoms with Crippen LogP contribution in [0.1, 0.15) is 30.9 Å². The number of fused-ring (bicyclic) bond motifs is 2. The molecule has 3 aromatic carbocycles. The maximum Gasteiger partial charge on any atom is 0.224 e. The van der Waals surface area contributed by atoms with Gasteiger partial charge in [0.05, 0.1) is 23.5 Å². The highest BCUT2D eigenvalue weighted by molar-refractivity contribution is 5.93. The van der Waals surface area contributed by atoms with E-state index in [1.54, 1.807) is 0 Å². The Bertz CT molecular complexity index is 1490. The van der Waals surface area contributed by atoms with Crippen molar-refractivity contribution in [3.05, 3.63) is 90.0 Å². The molecule has 0 aliphatic rings. The second-order valence-corrected chi connectivity index (χ2v) is 8.78. The number of ether oxygens (including phenoxy) is 1. The molecule has 0 fully saturated rings. The molecule has 0 bridgehead atoms. The second kappa shape index (κ2) is 10.0. The molecule has 0 aliphatic carbocycles. The number of aromatic amines is 1. The molecule has 0 aliphatic heterocycles. The van der Waals surface area contributed by atoms with E-state index in [1.807, 2.05) is 49.4 Å². The number of amides is 1. The van der Waals surface area contributed by atoms with Crippen molar-refractivity contribution >= 4 is 33.4 Å². The molecular formula is C30H29N3O2. The summed E-state index contributed by atoms with van der Waals surface area (Å²) in [6.07, 6.45) is 1.96. The van der Waals surface area contributed by atoms with Gasteiger partial charge < -0.3 is 15.0 Å². The predicted octanol–water partition coefficient (Wildman–Crippen LogP) is 7.05. The standard InChI is InChI=1S/C30H29N3O2/c1-3-35-23-15-13-22(14-16-23)31-29(34)10-6-8-24-25-19-20(2)11-17-27(25)33-30(24)28-18-12-21-7-4-5-9-26(21)32-28/h4-5,7,9,11-19,33H,3,6,8,10H2,1-2H3,(H,31,34). The predicted molar refractivity (Wildman–Crippen MR) is 143 cm³/mol. The van der Waals surface area contributed by atoms with Crippen LogP contribution in [0.2, 0.25) is 0 Å². The first-order chi connectivity index (χ1) is 17.1. The third kappa shape index (κ3) is 5.04. The van der Waals surface area contributed by atoms with Crippen LogP contribution in [0, 0.1) is 6.92 Å². The molecule has 0 radical (unpaired) electrons. The molecule has 0 saturated heterocycles. The van der Waals surface area contributed by atoms with Gasteiger partial charge in [0.25, 0.3) is 0 Å². The van der Waals surface area contributed by atoms with Crippen LogP contribution in [0.3, 0.4) is 0 Å². The number of H-pyrrole nitrogens is 1. The highest BCUT2D eigenvalue weighted by atomic mass is 16.5. The number of aromatic nitrogens is 2. The molecule has 1 amide bonds. The number of nitrogens with zero attached hydrogens (tertiary/aromatic N) is 1. The molecule has 0 atom stereocenters. The molecule has 0 unspecified atom stereocenters. The Morgan fingerprint density at radius 2 is 1.83 bits per heavy atom. The van der Waals surface area contributed by atoms with E-state index in [9.17, 15) is 4.79 Å². The number of hydrogen-bond acceptors (Lipinski definition) is 3. The number of nitrogens with one attached hydrogen (secondary N) is 2. The van der Waals surface area contributed by atoms with Gasteiger partial charge in [0, 0.05) is 28.4 Å². The van der Waals surface area contributed by atoms with Crippen LogP contribution in [0.4, 0.5) is 5.69 Å². The van der Waals surface area contributed by atoms with E-state index in [-0.39, 0.29) is 5.91 Å². The molecule has 2 aromatic heterocycles. The van der Waals surface area contributed by atoms with Gasteiger partial charge in [-0.2, -0.15) is 0 Å². The summed E-state index contributed by atoms with van der Waals surface area (Å²) in [5.74, 6) is 0.811. The highest BCUT2D eigenvalue weighted by Gasteiger charge is 2.15. The lowest BCUT2D eigenvalue weighted by molar-refractivity contribution is -0.116. The van der Waals surface area contributed by atoms with Crippen LogP contribution in [0.25, 0.3) is 33.2 Å². The summed E-state index contributed by atoms with van der Waals surface area (Å²) in [5.41, 5.74) is 7.22. The summed E-state index contributed by atoms with van der Waals surface area (Å²) in [6.45, 7) is 4.68. The Morgan fingerprint density at radius 3 is 2.66 bits per heavy atom. The van der Waals surface area contributed by atoms with E-state index in [1.165, 1.54) is 16.5 Å². The first-order valence-electron chi connectivity index (χ1n) is 12.1. The van der Waals surface area contributed by atoms with Crippen molar-refractivity contribution in [2.75, 3.05) is 11.9 Å². The number of carbonyl (C=O) groups is 1. The minimum absolute atomic E-state index is 0.00978. The summed E-state index contributed by atoms with van der Waals surface area (Å²) in [5, 5.41) is 5.31. The van der Waals surface area contributed by atoms with Crippen molar-refractivity contribution in [2.24, 2.45) is 0 Å². The molecular weight excluding hydrogens is 434 g/mol. The SMILES string of the molecule is CCOc1ccc(NC(=O)CCCc2c(-c3ccc4ccccc4n3)[nH]c3ccc(C)cc23)cc1. The fourth-order valence-electron chi connectivity index (χ4n) is 4.50. The van der Waals surface area contributed by atoms with Gasteiger partial charge in [0.2, 0.25) is 5.91 Å². The molecule has 5 nitrogen and oxygen atoms in total. The van der Waals surface area contributed by atoms with E-state index in [2.05, 4.69) is 53.6 Å². The maximum absolute atomic E-state index is 12.6. The first-order valence-corrected chi connectivity index (χ1v) is 12.1. The zero-order chi connectivity index (χ0) is 24.2. The van der Waals surface area contributed by atoms with E-state index in [0.29, 0.717) is 13.0 Å². The van der Waals surface area contributed by atoms with Gasteiger partial charge in [-0.1, -0.05) is 35.9 Å². The van der Waals surface area contributed by atoms with Crippen LogP contribution in [-0.4, -0.2) is 22.5 Å². The summed E-state index contributed by atoms with van der Waals surface area (Å²) in [7, 11) is 0. The van der Waals surface area contributed by atoms with Crippen molar-refractivity contribution in [1.82, 2.24) is 9.97 Å². The number of rotatable bonds is 8. The minimum Gasteiger partial charge on any atom is -0.494 e. The third-order valence-electron chi connectivity index (χ3n) is 6.20. The first kappa shape index (κ1) is 22.7. The smallest absolute Gasteiger partial charge is 0.224 e. The number of carbonyl (C=O) groups excluding carboxylic acids is 1. The van der Waals surface area contributed by atoms with Crippen molar-refractivity contribution < 1.29 is 9.53 Å². The quantitative estimate of drug-likeness (QED) is 0.259. The average molecular weight is 464 g/mol. The lowest BCUT2D eigenvalue weighted by Gasteiger charge is -2.08. The molecule has 2 heterocycles. The normalized spacial score (nSPS) is 11.1. The Morgan fingerprint density at radius 1 is 1.00 bits per heavy atom. The largest absolute Gasteiger partial charge is 0.494 e.